The van der Waals surface area contributed by atoms with Crippen LogP contribution in [0.1, 0.15) is 89.2 Å². The second-order valence-electron chi connectivity index (χ2n) is 22.8. The SMILES string of the molecule is C[C@H](NC(=O)[C@H](CCCCN)NC(=O)[C@H](Cc1c[nH]c2ccccc12)NC(=O)[C@@H](NC(=O)[C@H](CCCCN)NC(=O)CN)[C@@H](C)O)C(=O)N[C@@H](CO)C(=O)N[C@@H](CC(=O)O)C(=O)N[C@@H](CCC(=O)O)C(=O)N[C@@H](CC(=O)O)C(=O)N[C@@H](Cc1c[nH]c2ccccc12)C(=O)NCC(=O)O. The first kappa shape index (κ1) is 79.8. The summed E-state index contributed by atoms with van der Waals surface area (Å²) in [6.07, 6.45) is -1.90. The van der Waals surface area contributed by atoms with Gasteiger partial charge in [0.15, 0.2) is 0 Å². The van der Waals surface area contributed by atoms with Crippen LogP contribution in [0.5, 0.6) is 0 Å². The van der Waals surface area contributed by atoms with E-state index in [2.05, 4.69) is 63.1 Å². The molecule has 2 heterocycles. The molecule has 25 N–H and O–H groups in total. The number of aliphatic hydroxyl groups is 2. The zero-order valence-electron chi connectivity index (χ0n) is 53.7. The molecule has 0 aliphatic carbocycles. The summed E-state index contributed by atoms with van der Waals surface area (Å²) in [5, 5.41) is 85.9. The average Bonchev–Trinajstić information content (AvgIpc) is 1.65. The number of unbranched alkanes of at least 4 members (excludes halogenated alkanes) is 2. The Morgan fingerprint density at radius 3 is 1.29 bits per heavy atom. The van der Waals surface area contributed by atoms with Crippen LogP contribution < -0.4 is 75.7 Å². The Morgan fingerprint density at radius 2 is 0.827 bits per heavy atom. The molecule has 0 saturated heterocycles. The van der Waals surface area contributed by atoms with Gasteiger partial charge in [0.2, 0.25) is 65.0 Å². The molecule has 98 heavy (non-hydrogen) atoms. The number of benzene rings is 2. The lowest BCUT2D eigenvalue weighted by molar-refractivity contribution is -0.142. The van der Waals surface area contributed by atoms with Gasteiger partial charge in [0, 0.05) is 53.5 Å². The third-order valence-electron chi connectivity index (χ3n) is 15.2. The highest BCUT2D eigenvalue weighted by molar-refractivity contribution is 6.01. The maximum absolute atomic E-state index is 14.5. The molecule has 2 aromatic carbocycles. The van der Waals surface area contributed by atoms with Gasteiger partial charge in [-0.25, -0.2) is 0 Å². The number of rotatable bonds is 44. The molecule has 0 aliphatic heterocycles. The predicted molar refractivity (Wildman–Crippen MR) is 345 cm³/mol. The number of hydrogen-bond donors (Lipinski definition) is 22. The number of carbonyl (C=O) groups is 15. The molecule has 37 heteroatoms. The van der Waals surface area contributed by atoms with Gasteiger partial charge in [-0.3, -0.25) is 71.9 Å². The Hall–Kier alpha value is -10.6. The summed E-state index contributed by atoms with van der Waals surface area (Å²) >= 11 is 0. The summed E-state index contributed by atoms with van der Waals surface area (Å²) in [5.74, 6) is -19.0. The van der Waals surface area contributed by atoms with Gasteiger partial charge in [-0.2, -0.15) is 0 Å². The molecule has 0 unspecified atom stereocenters. The molecule has 2 aromatic heterocycles. The van der Waals surface area contributed by atoms with Crippen molar-refractivity contribution in [2.45, 2.75) is 157 Å². The predicted octanol–water partition coefficient (Wildman–Crippen LogP) is -6.09. The van der Waals surface area contributed by atoms with Gasteiger partial charge in [-0.1, -0.05) is 36.4 Å². The van der Waals surface area contributed by atoms with E-state index in [-0.39, 0.29) is 45.2 Å². The zero-order valence-corrected chi connectivity index (χ0v) is 53.7. The van der Waals surface area contributed by atoms with E-state index in [1.165, 1.54) is 13.1 Å². The largest absolute Gasteiger partial charge is 0.481 e. The number of aliphatic carboxylic acids is 4. The maximum atomic E-state index is 14.5. The van der Waals surface area contributed by atoms with E-state index < -0.39 is 201 Å². The maximum Gasteiger partial charge on any atom is 0.322 e. The normalized spacial score (nSPS) is 14.5. The number of fused-ring (bicyclic) bond motifs is 2. The van der Waals surface area contributed by atoms with Crippen LogP contribution in [-0.4, -0.2) is 229 Å². The molecule has 4 rings (SSSR count). The summed E-state index contributed by atoms with van der Waals surface area (Å²) in [7, 11) is 0. The molecule has 0 radical (unpaired) electrons. The van der Waals surface area contributed by atoms with Crippen molar-refractivity contribution in [1.82, 2.24) is 68.5 Å². The summed E-state index contributed by atoms with van der Waals surface area (Å²) in [5.41, 5.74) is 19.0. The minimum atomic E-state index is -2.20. The van der Waals surface area contributed by atoms with Crippen molar-refractivity contribution >= 4 is 111 Å². The fraction of sp³-hybridized carbons (Fsp3) is 0.492. The van der Waals surface area contributed by atoms with Gasteiger partial charge in [0.25, 0.3) is 0 Å². The number of nitrogens with two attached hydrogens (primary N) is 3. The molecule has 536 valence electrons. The molecule has 11 atom stereocenters. The van der Waals surface area contributed by atoms with Crippen LogP contribution in [0.25, 0.3) is 21.8 Å². The van der Waals surface area contributed by atoms with Crippen molar-refractivity contribution < 1.29 is 103 Å². The number of H-pyrrole nitrogens is 2. The molecule has 0 bridgehead atoms. The molecule has 0 saturated carbocycles. The van der Waals surface area contributed by atoms with Crippen molar-refractivity contribution in [3.63, 3.8) is 0 Å². The molecular weight excluding hydrogens is 1290 g/mol. The fourth-order valence-electron chi connectivity index (χ4n) is 9.98. The molecular formula is C61H86N16O21. The van der Waals surface area contributed by atoms with Crippen LogP contribution in [-0.2, 0) is 84.8 Å². The first-order chi connectivity index (χ1) is 46.5. The second kappa shape index (κ2) is 40.0. The van der Waals surface area contributed by atoms with Gasteiger partial charge < -0.3 is 116 Å². The van der Waals surface area contributed by atoms with Crippen LogP contribution in [0.4, 0.5) is 0 Å². The first-order valence-electron chi connectivity index (χ1n) is 31.2. The lowest BCUT2D eigenvalue weighted by atomic mass is 10.0. The number of carboxylic acid groups (broad SMARTS) is 4. The van der Waals surface area contributed by atoms with E-state index in [0.29, 0.717) is 52.2 Å². The standard InChI is InChI=1S/C61H86N16O21/c1-30(68-54(91)39(16-8-10-20-63)70-57(94)42(22-33-27-66-37-14-6-4-12-35(33)37)75-61(98)51(31(2)79)77-56(93)38(15-7-9-19-62)69-46(80)25-64)52(89)76-45(29-78)60(97)74-43(23-48(83)84)58(95)71-40(17-18-47(81)82)55(92)73-44(24-49(85)86)59(96)72-41(53(90)67-28-50(87)88)21-32-26-65-36-13-5-3-11-34(32)36/h3-6,11-14,26-27,30-31,38-45,51,65-66,78-79H,7-10,15-25,28-29,62-64H2,1-2H3,(H,67,90)(H,68,91)(H,69,80)(H,70,94)(H,71,95)(H,72,96)(H,73,92)(H,74,97)(H,75,98)(H,76,89)(H,77,93)(H,81,82)(H,83,84)(H,85,86)(H,87,88)/t30-,31+,38-,39-,40-,41-,42-,43-,44-,45-,51-/m0/s1. The van der Waals surface area contributed by atoms with Crippen LogP contribution in [0.15, 0.2) is 60.9 Å². The molecule has 37 nitrogen and oxygen atoms in total. The zero-order chi connectivity index (χ0) is 72.8. The number of amides is 11. The number of carboxylic acids is 4. The number of hydrogen-bond acceptors (Lipinski definition) is 20. The fourth-order valence-corrected chi connectivity index (χ4v) is 9.98. The lowest BCUT2D eigenvalue weighted by Gasteiger charge is -2.28. The number of carbonyl (C=O) groups excluding carboxylic acids is 11. The van der Waals surface area contributed by atoms with Crippen LogP contribution in [0.3, 0.4) is 0 Å². The quantitative estimate of drug-likeness (QED) is 0.0183. The highest BCUT2D eigenvalue weighted by Gasteiger charge is 2.38. The minimum absolute atomic E-state index is 0.0838. The third-order valence-corrected chi connectivity index (χ3v) is 15.2. The highest BCUT2D eigenvalue weighted by Crippen LogP contribution is 2.21. The molecule has 4 aromatic rings. The molecule has 11 amide bonds. The highest BCUT2D eigenvalue weighted by atomic mass is 16.4. The second-order valence-corrected chi connectivity index (χ2v) is 22.8. The van der Waals surface area contributed by atoms with Gasteiger partial charge >= 0.3 is 23.9 Å². The van der Waals surface area contributed by atoms with E-state index in [0.717, 1.165) is 6.92 Å². The van der Waals surface area contributed by atoms with E-state index in [4.69, 9.17) is 17.2 Å². The van der Waals surface area contributed by atoms with Crippen LogP contribution in [0, 0.1) is 0 Å². The number of aliphatic hydroxyl groups excluding tert-OH is 2. The van der Waals surface area contributed by atoms with Crippen molar-refractivity contribution in [3.05, 3.63) is 72.1 Å². The Balaban J connectivity index is 1.53. The Morgan fingerprint density at radius 1 is 0.429 bits per heavy atom. The summed E-state index contributed by atoms with van der Waals surface area (Å²) < 4.78 is 0. The monoisotopic (exact) mass is 1380 g/mol. The van der Waals surface area contributed by atoms with Gasteiger partial charge in [-0.05, 0) is 95.1 Å². The Kier molecular flexibility index (Phi) is 32.6. The third kappa shape index (κ3) is 25.8. The van der Waals surface area contributed by atoms with Crippen molar-refractivity contribution in [2.75, 3.05) is 32.8 Å². The number of nitrogens with one attached hydrogen (secondary N) is 13. The number of aromatic amines is 2. The van der Waals surface area contributed by atoms with Gasteiger partial charge in [-0.15, -0.1) is 0 Å². The minimum Gasteiger partial charge on any atom is -0.481 e. The lowest BCUT2D eigenvalue weighted by Crippen LogP contribution is -2.62. The van der Waals surface area contributed by atoms with E-state index in [9.17, 15) is 103 Å². The first-order valence-corrected chi connectivity index (χ1v) is 31.2. The average molecular weight is 1380 g/mol. The van der Waals surface area contributed by atoms with Crippen LogP contribution >= 0.6 is 0 Å². The van der Waals surface area contributed by atoms with E-state index >= 15 is 0 Å². The van der Waals surface area contributed by atoms with Crippen molar-refractivity contribution in [3.8, 4) is 0 Å². The van der Waals surface area contributed by atoms with Crippen molar-refractivity contribution in [1.29, 1.82) is 0 Å². The number of para-hydroxylation sites is 2. The molecule has 0 spiro atoms. The Labute approximate surface area is 559 Å². The summed E-state index contributed by atoms with van der Waals surface area (Å²) in [6.45, 7) is 0.127. The summed E-state index contributed by atoms with van der Waals surface area (Å²) in [6, 6.07) is -3.88. The smallest absolute Gasteiger partial charge is 0.322 e. The van der Waals surface area contributed by atoms with E-state index in [1.807, 2.05) is 5.32 Å². The van der Waals surface area contributed by atoms with Crippen molar-refractivity contribution in [2.24, 2.45) is 17.2 Å². The van der Waals surface area contributed by atoms with Gasteiger partial charge in [0.1, 0.15) is 67.0 Å². The topological polar surface area (TPSA) is 619 Å². The summed E-state index contributed by atoms with van der Waals surface area (Å²) in [4.78, 5) is 204. The van der Waals surface area contributed by atoms with E-state index in [1.54, 1.807) is 54.7 Å². The molecule has 0 fully saturated rings. The molecule has 0 aliphatic rings. The van der Waals surface area contributed by atoms with Crippen LogP contribution in [0.2, 0.25) is 0 Å². The number of aromatic nitrogens is 2. The van der Waals surface area contributed by atoms with Gasteiger partial charge in [0.05, 0.1) is 32.1 Å². The Bertz CT molecular complexity index is 3490.